The Labute approximate surface area is 167 Å². The molecule has 3 N–H and O–H groups in total. The first-order valence-corrected chi connectivity index (χ1v) is 10.3. The second-order valence-electron chi connectivity index (χ2n) is 7.61. The molecule has 0 amide bonds. The summed E-state index contributed by atoms with van der Waals surface area (Å²) >= 11 is 0. The molecule has 8 nitrogen and oxygen atoms in total. The van der Waals surface area contributed by atoms with Gasteiger partial charge in [-0.3, -0.25) is 14.5 Å². The van der Waals surface area contributed by atoms with Gasteiger partial charge >= 0.3 is 11.9 Å². The molecular weight excluding hydrogens is 366 g/mol. The zero-order chi connectivity index (χ0) is 21.3. The molecular formula is C20H37NO7. The summed E-state index contributed by atoms with van der Waals surface area (Å²) in [6.07, 6.45) is 0.189. The van der Waals surface area contributed by atoms with Crippen molar-refractivity contribution in [2.45, 2.75) is 77.7 Å². The summed E-state index contributed by atoms with van der Waals surface area (Å²) in [7, 11) is 0. The fourth-order valence-corrected chi connectivity index (χ4v) is 3.51. The topological polar surface area (TPSA) is 117 Å². The maximum Gasteiger partial charge on any atom is 0.310 e. The van der Waals surface area contributed by atoms with Gasteiger partial charge in [-0.15, -0.1) is 0 Å². The van der Waals surface area contributed by atoms with Gasteiger partial charge in [0.1, 0.15) is 0 Å². The predicted octanol–water partition coefficient (Wildman–Crippen LogP) is 0.712. The van der Waals surface area contributed by atoms with Crippen LogP contribution in [0.2, 0.25) is 0 Å². The fourth-order valence-electron chi connectivity index (χ4n) is 3.51. The highest BCUT2D eigenvalue weighted by Gasteiger charge is 2.47. The standard InChI is InChI=1S/C20H37NO7/c1-5-13(3)27-19(25)15-11-17(21(7-9-22)8-10-23)18(24)12-16(15)20(26)28-14(4)6-2/h13-18,22-24H,5-12H2,1-4H3. The molecule has 0 aromatic rings. The lowest BCUT2D eigenvalue weighted by molar-refractivity contribution is -0.173. The molecule has 0 aromatic carbocycles. The largest absolute Gasteiger partial charge is 0.462 e. The van der Waals surface area contributed by atoms with E-state index in [1.165, 1.54) is 0 Å². The van der Waals surface area contributed by atoms with E-state index in [1.807, 2.05) is 13.8 Å². The van der Waals surface area contributed by atoms with Gasteiger partial charge in [0, 0.05) is 19.1 Å². The molecule has 0 aliphatic heterocycles. The highest BCUT2D eigenvalue weighted by molar-refractivity contribution is 5.82. The van der Waals surface area contributed by atoms with Crippen LogP contribution >= 0.6 is 0 Å². The van der Waals surface area contributed by atoms with Crippen LogP contribution in [0.1, 0.15) is 53.4 Å². The zero-order valence-corrected chi connectivity index (χ0v) is 17.5. The Kier molecular flexibility index (Phi) is 11.0. The number of rotatable bonds is 11. The Bertz CT molecular complexity index is 481. The van der Waals surface area contributed by atoms with Crippen LogP contribution in [0.5, 0.6) is 0 Å². The average molecular weight is 404 g/mol. The molecule has 0 heterocycles. The Hall–Kier alpha value is -1.22. The Morgan fingerprint density at radius 2 is 1.36 bits per heavy atom. The molecule has 0 spiro atoms. The molecule has 1 aliphatic carbocycles. The fraction of sp³-hybridized carbons (Fsp3) is 0.900. The minimum Gasteiger partial charge on any atom is -0.462 e. The van der Waals surface area contributed by atoms with E-state index in [4.69, 9.17) is 9.47 Å². The lowest BCUT2D eigenvalue weighted by Crippen LogP contribution is -2.54. The zero-order valence-electron chi connectivity index (χ0n) is 17.5. The van der Waals surface area contributed by atoms with E-state index >= 15 is 0 Å². The van der Waals surface area contributed by atoms with Crippen molar-refractivity contribution in [2.24, 2.45) is 11.8 Å². The van der Waals surface area contributed by atoms with Crippen LogP contribution in [0.15, 0.2) is 0 Å². The third kappa shape index (κ3) is 6.99. The summed E-state index contributed by atoms with van der Waals surface area (Å²) in [5.41, 5.74) is 0. The normalized spacial score (nSPS) is 27.3. The van der Waals surface area contributed by atoms with Gasteiger partial charge in [-0.05, 0) is 39.5 Å². The number of aliphatic hydroxyl groups excluding tert-OH is 3. The molecule has 28 heavy (non-hydrogen) atoms. The van der Waals surface area contributed by atoms with Gasteiger partial charge in [-0.2, -0.15) is 0 Å². The average Bonchev–Trinajstić information content (AvgIpc) is 2.67. The van der Waals surface area contributed by atoms with Crippen molar-refractivity contribution in [1.29, 1.82) is 0 Å². The third-order valence-electron chi connectivity index (χ3n) is 5.55. The van der Waals surface area contributed by atoms with Crippen molar-refractivity contribution in [2.75, 3.05) is 26.3 Å². The minimum atomic E-state index is -0.875. The lowest BCUT2D eigenvalue weighted by Gasteiger charge is -2.42. The number of carbonyl (C=O) groups is 2. The van der Waals surface area contributed by atoms with Crippen molar-refractivity contribution >= 4 is 11.9 Å². The van der Waals surface area contributed by atoms with Gasteiger partial charge in [-0.25, -0.2) is 0 Å². The van der Waals surface area contributed by atoms with Crippen molar-refractivity contribution in [3.05, 3.63) is 0 Å². The quantitative estimate of drug-likeness (QED) is 0.432. The number of carbonyl (C=O) groups excluding carboxylic acids is 2. The number of esters is 2. The van der Waals surface area contributed by atoms with Crippen LogP contribution in [0.4, 0.5) is 0 Å². The second-order valence-corrected chi connectivity index (χ2v) is 7.61. The molecule has 8 heteroatoms. The van der Waals surface area contributed by atoms with Crippen LogP contribution in [0, 0.1) is 11.8 Å². The van der Waals surface area contributed by atoms with Gasteiger partial charge < -0.3 is 24.8 Å². The lowest BCUT2D eigenvalue weighted by atomic mass is 9.74. The number of nitrogens with zero attached hydrogens (tertiary/aromatic N) is 1. The maximum absolute atomic E-state index is 12.8. The van der Waals surface area contributed by atoms with Crippen molar-refractivity contribution in [1.82, 2.24) is 4.90 Å². The second kappa shape index (κ2) is 12.4. The number of hydrogen-bond donors (Lipinski definition) is 3. The van der Waals surface area contributed by atoms with E-state index in [0.29, 0.717) is 12.8 Å². The van der Waals surface area contributed by atoms with Crippen molar-refractivity contribution in [3.63, 3.8) is 0 Å². The highest BCUT2D eigenvalue weighted by Crippen LogP contribution is 2.35. The molecule has 1 rings (SSSR count). The molecule has 1 fully saturated rings. The van der Waals surface area contributed by atoms with E-state index < -0.39 is 35.9 Å². The van der Waals surface area contributed by atoms with Gasteiger partial charge in [0.2, 0.25) is 0 Å². The van der Waals surface area contributed by atoms with Crippen LogP contribution in [0.25, 0.3) is 0 Å². The Morgan fingerprint density at radius 3 is 1.75 bits per heavy atom. The number of aliphatic hydroxyl groups is 3. The van der Waals surface area contributed by atoms with Crippen molar-refractivity contribution in [3.8, 4) is 0 Å². The minimum absolute atomic E-state index is 0.0769. The molecule has 0 bridgehead atoms. The molecule has 164 valence electrons. The summed E-state index contributed by atoms with van der Waals surface area (Å²) in [6, 6.07) is -0.457. The van der Waals surface area contributed by atoms with Crippen LogP contribution in [-0.4, -0.2) is 82.8 Å². The maximum atomic E-state index is 12.8. The van der Waals surface area contributed by atoms with Gasteiger partial charge in [0.25, 0.3) is 0 Å². The smallest absolute Gasteiger partial charge is 0.310 e. The molecule has 1 saturated carbocycles. The van der Waals surface area contributed by atoms with Gasteiger partial charge in [-0.1, -0.05) is 13.8 Å². The van der Waals surface area contributed by atoms with Crippen molar-refractivity contribution < 1.29 is 34.4 Å². The Balaban J connectivity index is 3.05. The summed E-state index contributed by atoms with van der Waals surface area (Å²) in [5.74, 6) is -2.47. The van der Waals surface area contributed by atoms with E-state index in [1.54, 1.807) is 18.7 Å². The van der Waals surface area contributed by atoms with Gasteiger partial charge in [0.05, 0.1) is 43.4 Å². The van der Waals surface area contributed by atoms with Crippen LogP contribution in [-0.2, 0) is 19.1 Å². The van der Waals surface area contributed by atoms with E-state index in [9.17, 15) is 24.9 Å². The number of hydrogen-bond acceptors (Lipinski definition) is 8. The first-order chi connectivity index (χ1) is 13.3. The van der Waals surface area contributed by atoms with E-state index in [-0.39, 0.29) is 51.4 Å². The third-order valence-corrected chi connectivity index (χ3v) is 5.55. The molecule has 0 radical (unpaired) electrons. The predicted molar refractivity (Wildman–Crippen MR) is 103 cm³/mol. The molecule has 0 aromatic heterocycles. The molecule has 1 aliphatic rings. The summed E-state index contributed by atoms with van der Waals surface area (Å²) < 4.78 is 10.9. The van der Waals surface area contributed by atoms with Crippen LogP contribution < -0.4 is 0 Å². The summed E-state index contributed by atoms with van der Waals surface area (Å²) in [5, 5.41) is 29.3. The van der Waals surface area contributed by atoms with Crippen LogP contribution in [0.3, 0.4) is 0 Å². The molecule has 6 unspecified atom stereocenters. The van der Waals surface area contributed by atoms with Gasteiger partial charge in [0.15, 0.2) is 0 Å². The Morgan fingerprint density at radius 1 is 0.929 bits per heavy atom. The highest BCUT2D eigenvalue weighted by atomic mass is 16.6. The molecule has 6 atom stereocenters. The summed E-state index contributed by atoms with van der Waals surface area (Å²) in [6.45, 7) is 7.65. The van der Waals surface area contributed by atoms with E-state index in [0.717, 1.165) is 0 Å². The first kappa shape index (κ1) is 24.8. The first-order valence-electron chi connectivity index (χ1n) is 10.3. The molecule has 0 saturated heterocycles. The van der Waals surface area contributed by atoms with E-state index in [2.05, 4.69) is 0 Å². The number of ether oxygens (including phenoxy) is 2. The SMILES string of the molecule is CCC(C)OC(=O)C1CC(O)C(N(CCO)CCO)CC1C(=O)OC(C)CC. The summed E-state index contributed by atoms with van der Waals surface area (Å²) in [4.78, 5) is 27.2. The monoisotopic (exact) mass is 403 g/mol.